The molecule has 0 fully saturated rings. The van der Waals surface area contributed by atoms with Gasteiger partial charge in [-0.3, -0.25) is 5.41 Å². The Kier molecular flexibility index (Phi) is 13.1. The van der Waals surface area contributed by atoms with Gasteiger partial charge in [0.05, 0.1) is 24.2 Å². The number of hydrogen-bond acceptors (Lipinski definition) is 1. The maximum Gasteiger partial charge on any atom is 0.195 e. The molecule has 4 atom stereocenters. The van der Waals surface area contributed by atoms with E-state index in [2.05, 4.69) is 159 Å². The molecule has 232 valence electrons. The Balaban J connectivity index is 1.98. The SMILES string of the molecule is CCCC(c1ccccc1)N(C(=N)N(C(CCC)c1ccccc1)C(CCC)c1ccccc1)C(CCC)c1ccccc1. The molecule has 0 amide bonds. The quantitative estimate of drug-likeness (QED) is 0.104. The Morgan fingerprint density at radius 1 is 0.409 bits per heavy atom. The second kappa shape index (κ2) is 17.4. The van der Waals surface area contributed by atoms with E-state index in [1.165, 1.54) is 22.3 Å². The van der Waals surface area contributed by atoms with E-state index in [-0.39, 0.29) is 24.2 Å². The highest BCUT2D eigenvalue weighted by atomic mass is 15.4. The van der Waals surface area contributed by atoms with E-state index in [9.17, 15) is 5.41 Å². The zero-order valence-corrected chi connectivity index (χ0v) is 27.4. The molecule has 3 nitrogen and oxygen atoms in total. The summed E-state index contributed by atoms with van der Waals surface area (Å²) in [6.45, 7) is 9.11. The van der Waals surface area contributed by atoms with E-state index >= 15 is 0 Å². The maximum absolute atomic E-state index is 10.5. The van der Waals surface area contributed by atoms with Crippen molar-refractivity contribution >= 4 is 5.96 Å². The summed E-state index contributed by atoms with van der Waals surface area (Å²) in [7, 11) is 0. The summed E-state index contributed by atoms with van der Waals surface area (Å²) in [6.07, 6.45) is 8.13. The summed E-state index contributed by atoms with van der Waals surface area (Å²) in [5, 5.41) is 10.5. The van der Waals surface area contributed by atoms with Gasteiger partial charge in [0.2, 0.25) is 0 Å². The summed E-state index contributed by atoms with van der Waals surface area (Å²) in [5.74, 6) is 0.638. The van der Waals surface area contributed by atoms with E-state index in [1.54, 1.807) is 0 Å². The highest BCUT2D eigenvalue weighted by Crippen LogP contribution is 2.43. The van der Waals surface area contributed by atoms with E-state index in [0.29, 0.717) is 5.96 Å². The highest BCUT2D eigenvalue weighted by Gasteiger charge is 2.38. The van der Waals surface area contributed by atoms with Gasteiger partial charge in [-0.05, 0) is 47.9 Å². The first-order valence-corrected chi connectivity index (χ1v) is 17.0. The molecule has 1 N–H and O–H groups in total. The van der Waals surface area contributed by atoms with Crippen LogP contribution in [0.15, 0.2) is 121 Å². The average molecular weight is 588 g/mol. The van der Waals surface area contributed by atoms with E-state index in [4.69, 9.17) is 0 Å². The largest absolute Gasteiger partial charge is 0.329 e. The fraction of sp³-hybridized carbons (Fsp3) is 0.390. The highest BCUT2D eigenvalue weighted by molar-refractivity contribution is 5.79. The number of guanidine groups is 1. The van der Waals surface area contributed by atoms with Crippen LogP contribution in [0.4, 0.5) is 0 Å². The lowest BCUT2D eigenvalue weighted by Crippen LogP contribution is -2.50. The second-order valence-electron chi connectivity index (χ2n) is 12.0. The summed E-state index contributed by atoms with van der Waals surface area (Å²) in [6, 6.07) is 44.1. The van der Waals surface area contributed by atoms with Crippen molar-refractivity contribution in [1.82, 2.24) is 9.80 Å². The lowest BCUT2D eigenvalue weighted by atomic mass is 9.91. The van der Waals surface area contributed by atoms with E-state index in [0.717, 1.165) is 51.4 Å². The Bertz CT molecular complexity index is 1140. The summed E-state index contributed by atoms with van der Waals surface area (Å²) >= 11 is 0. The molecule has 0 spiro atoms. The Morgan fingerprint density at radius 2 is 0.614 bits per heavy atom. The van der Waals surface area contributed by atoms with Gasteiger partial charge < -0.3 is 9.80 Å². The molecule has 0 bridgehead atoms. The molecule has 4 rings (SSSR count). The molecular formula is C41H53N3. The summed E-state index contributed by atoms with van der Waals surface area (Å²) in [4.78, 5) is 5.02. The van der Waals surface area contributed by atoms with Crippen LogP contribution in [-0.2, 0) is 0 Å². The minimum atomic E-state index is 0.0871. The van der Waals surface area contributed by atoms with Crippen molar-refractivity contribution in [3.05, 3.63) is 144 Å². The van der Waals surface area contributed by atoms with Crippen LogP contribution in [0.1, 0.15) is 125 Å². The molecule has 4 aromatic carbocycles. The van der Waals surface area contributed by atoms with Crippen molar-refractivity contribution in [2.24, 2.45) is 0 Å². The van der Waals surface area contributed by atoms with Gasteiger partial charge in [0.25, 0.3) is 0 Å². The lowest BCUT2D eigenvalue weighted by Gasteiger charge is -2.49. The van der Waals surface area contributed by atoms with Crippen LogP contribution in [-0.4, -0.2) is 15.8 Å². The van der Waals surface area contributed by atoms with Crippen molar-refractivity contribution in [2.45, 2.75) is 103 Å². The van der Waals surface area contributed by atoms with Crippen LogP contribution in [0.3, 0.4) is 0 Å². The number of rotatable bonds is 16. The fourth-order valence-corrected chi connectivity index (χ4v) is 6.82. The standard InChI is InChI=1S/C41H53N3/c1-5-21-37(33-25-13-9-14-26-33)43(38(22-6-2)34-27-15-10-16-28-34)41(42)44(39(23-7-3)35-29-17-11-18-30-35)40(24-8-4)36-31-19-12-20-32-36/h9-20,25-32,37-40,42H,5-8,21-24H2,1-4H3. The molecule has 44 heavy (non-hydrogen) atoms. The summed E-state index contributed by atoms with van der Waals surface area (Å²) < 4.78 is 0. The van der Waals surface area contributed by atoms with Gasteiger partial charge in [-0.25, -0.2) is 0 Å². The normalized spacial score (nSPS) is 13.9. The summed E-state index contributed by atoms with van der Waals surface area (Å²) in [5.41, 5.74) is 5.15. The van der Waals surface area contributed by atoms with Crippen LogP contribution in [0.5, 0.6) is 0 Å². The predicted octanol–water partition coefficient (Wildman–Crippen LogP) is 11.7. The van der Waals surface area contributed by atoms with Crippen LogP contribution >= 0.6 is 0 Å². The third-order valence-corrected chi connectivity index (χ3v) is 8.82. The minimum absolute atomic E-state index is 0.0871. The Morgan fingerprint density at radius 3 is 0.795 bits per heavy atom. The molecule has 0 heterocycles. The maximum atomic E-state index is 10.5. The van der Waals surface area contributed by atoms with Crippen molar-refractivity contribution in [2.75, 3.05) is 0 Å². The predicted molar refractivity (Wildman–Crippen MR) is 188 cm³/mol. The fourth-order valence-electron chi connectivity index (χ4n) is 6.82. The molecule has 4 unspecified atom stereocenters. The molecule has 0 aliphatic carbocycles. The van der Waals surface area contributed by atoms with Gasteiger partial charge in [0, 0.05) is 0 Å². The van der Waals surface area contributed by atoms with Crippen LogP contribution < -0.4 is 0 Å². The van der Waals surface area contributed by atoms with Crippen molar-refractivity contribution in [1.29, 1.82) is 5.41 Å². The van der Waals surface area contributed by atoms with Crippen molar-refractivity contribution < 1.29 is 0 Å². The molecule has 0 saturated carbocycles. The minimum Gasteiger partial charge on any atom is -0.329 e. The van der Waals surface area contributed by atoms with Gasteiger partial charge in [0.1, 0.15) is 0 Å². The molecule has 4 aromatic rings. The number of nitrogens with zero attached hydrogens (tertiary/aromatic N) is 2. The van der Waals surface area contributed by atoms with E-state index < -0.39 is 0 Å². The van der Waals surface area contributed by atoms with Gasteiger partial charge in [-0.2, -0.15) is 0 Å². The van der Waals surface area contributed by atoms with Crippen LogP contribution in [0.2, 0.25) is 0 Å². The lowest BCUT2D eigenvalue weighted by molar-refractivity contribution is 0.131. The zero-order valence-electron chi connectivity index (χ0n) is 27.4. The number of hydrogen-bond donors (Lipinski definition) is 1. The van der Waals surface area contributed by atoms with Gasteiger partial charge in [-0.1, -0.05) is 175 Å². The molecule has 0 saturated heterocycles. The van der Waals surface area contributed by atoms with Gasteiger partial charge >= 0.3 is 0 Å². The molecular weight excluding hydrogens is 534 g/mol. The first kappa shape index (κ1) is 33.1. The first-order chi connectivity index (χ1) is 21.6. The van der Waals surface area contributed by atoms with Crippen molar-refractivity contribution in [3.8, 4) is 0 Å². The number of benzene rings is 4. The molecule has 0 radical (unpaired) electrons. The molecule has 0 aromatic heterocycles. The number of nitrogens with one attached hydrogen (secondary N) is 1. The Hall–Kier alpha value is -3.85. The molecule has 0 aliphatic rings. The first-order valence-electron chi connectivity index (χ1n) is 17.0. The monoisotopic (exact) mass is 587 g/mol. The molecule has 0 aliphatic heterocycles. The van der Waals surface area contributed by atoms with Crippen LogP contribution in [0, 0.1) is 5.41 Å². The average Bonchev–Trinajstić information content (AvgIpc) is 3.08. The third kappa shape index (κ3) is 8.20. The van der Waals surface area contributed by atoms with Crippen LogP contribution in [0.25, 0.3) is 0 Å². The third-order valence-electron chi connectivity index (χ3n) is 8.82. The smallest absolute Gasteiger partial charge is 0.195 e. The molecule has 3 heteroatoms. The second-order valence-corrected chi connectivity index (χ2v) is 12.0. The topological polar surface area (TPSA) is 30.3 Å². The zero-order chi connectivity index (χ0) is 31.1. The van der Waals surface area contributed by atoms with Crippen molar-refractivity contribution in [3.63, 3.8) is 0 Å². The Labute approximate surface area is 267 Å². The van der Waals surface area contributed by atoms with Gasteiger partial charge in [-0.15, -0.1) is 0 Å². The van der Waals surface area contributed by atoms with Gasteiger partial charge in [0.15, 0.2) is 5.96 Å². The van der Waals surface area contributed by atoms with E-state index in [1.807, 2.05) is 0 Å².